The summed E-state index contributed by atoms with van der Waals surface area (Å²) < 4.78 is 15.5. The molecule has 0 fully saturated rings. The third kappa shape index (κ3) is 2.49. The Balaban J connectivity index is 1.94. The Labute approximate surface area is 128 Å². The van der Waals surface area contributed by atoms with Gasteiger partial charge >= 0.3 is 0 Å². The predicted octanol–water partition coefficient (Wildman–Crippen LogP) is 4.89. The van der Waals surface area contributed by atoms with Crippen molar-refractivity contribution >= 4 is 28.2 Å². The third-order valence-electron chi connectivity index (χ3n) is 3.88. The minimum absolute atomic E-state index is 0.296. The van der Waals surface area contributed by atoms with Crippen LogP contribution >= 0.6 is 11.6 Å². The van der Waals surface area contributed by atoms with E-state index in [4.69, 9.17) is 11.6 Å². The lowest BCUT2D eigenvalue weighted by Crippen LogP contribution is -2.06. The van der Waals surface area contributed by atoms with E-state index < -0.39 is 0 Å². The van der Waals surface area contributed by atoms with Gasteiger partial charge < -0.3 is 9.88 Å². The molecular formula is C17H16ClFN2. The zero-order valence-electron chi connectivity index (χ0n) is 12.0. The molecule has 1 heterocycles. The maximum absolute atomic E-state index is 13.3. The predicted molar refractivity (Wildman–Crippen MR) is 86.4 cm³/mol. The van der Waals surface area contributed by atoms with Crippen LogP contribution in [0.25, 0.3) is 10.9 Å². The fraction of sp³-hybridized carbons (Fsp3) is 0.176. The normalized spacial score (nSPS) is 11.0. The molecule has 1 N–H and O–H groups in total. The Morgan fingerprint density at radius 3 is 2.71 bits per heavy atom. The van der Waals surface area contributed by atoms with Gasteiger partial charge in [0.1, 0.15) is 5.82 Å². The Bertz CT molecular complexity index is 769. The van der Waals surface area contributed by atoms with E-state index in [-0.39, 0.29) is 5.82 Å². The number of hydrogen-bond acceptors (Lipinski definition) is 1. The molecule has 0 saturated heterocycles. The van der Waals surface area contributed by atoms with Crippen LogP contribution in [0, 0.1) is 12.7 Å². The van der Waals surface area contributed by atoms with E-state index in [1.807, 2.05) is 19.2 Å². The average molecular weight is 303 g/mol. The van der Waals surface area contributed by atoms with E-state index in [1.54, 1.807) is 6.07 Å². The third-order valence-corrected chi connectivity index (χ3v) is 4.21. The van der Waals surface area contributed by atoms with Crippen molar-refractivity contribution in [2.24, 2.45) is 7.05 Å². The second-order valence-electron chi connectivity index (χ2n) is 5.13. The van der Waals surface area contributed by atoms with Gasteiger partial charge in [0.2, 0.25) is 0 Å². The molecule has 0 spiro atoms. The van der Waals surface area contributed by atoms with E-state index in [1.165, 1.54) is 28.6 Å². The van der Waals surface area contributed by atoms with Crippen LogP contribution in [0.5, 0.6) is 0 Å². The molecule has 3 aromatic rings. The molecule has 0 aliphatic rings. The Kier molecular flexibility index (Phi) is 3.60. The van der Waals surface area contributed by atoms with Crippen molar-refractivity contribution in [1.29, 1.82) is 0 Å². The monoisotopic (exact) mass is 302 g/mol. The lowest BCUT2D eigenvalue weighted by molar-refractivity contribution is 0.628. The highest BCUT2D eigenvalue weighted by Gasteiger charge is 2.11. The number of aryl methyl sites for hydroxylation is 2. The molecule has 0 aliphatic carbocycles. The van der Waals surface area contributed by atoms with Crippen LogP contribution in [0.4, 0.5) is 10.1 Å². The van der Waals surface area contributed by atoms with Crippen LogP contribution in [0.2, 0.25) is 5.02 Å². The summed E-state index contributed by atoms with van der Waals surface area (Å²) in [7, 11) is 2.04. The molecule has 1 aromatic heterocycles. The molecule has 4 heteroatoms. The van der Waals surface area contributed by atoms with Gasteiger partial charge in [-0.25, -0.2) is 4.39 Å². The number of nitrogens with one attached hydrogen (secondary N) is 1. The highest BCUT2D eigenvalue weighted by molar-refractivity contribution is 6.33. The van der Waals surface area contributed by atoms with Gasteiger partial charge in [0.15, 0.2) is 0 Å². The molecule has 0 amide bonds. The fourth-order valence-electron chi connectivity index (χ4n) is 2.70. The molecule has 21 heavy (non-hydrogen) atoms. The minimum Gasteiger partial charge on any atom is -0.378 e. The summed E-state index contributed by atoms with van der Waals surface area (Å²) >= 11 is 6.08. The number of hydrogen-bond donors (Lipinski definition) is 1. The van der Waals surface area contributed by atoms with Gasteiger partial charge in [-0.15, -0.1) is 0 Å². The molecule has 0 atom stereocenters. The van der Waals surface area contributed by atoms with Crippen LogP contribution in [0.1, 0.15) is 11.3 Å². The topological polar surface area (TPSA) is 17.0 Å². The molecular weight excluding hydrogens is 287 g/mol. The van der Waals surface area contributed by atoms with Crippen LogP contribution < -0.4 is 5.32 Å². The SMILES string of the molecule is Cc1c(CNc2cc(F)ccc2Cl)n(C)c2ccccc12. The summed E-state index contributed by atoms with van der Waals surface area (Å²) in [5.74, 6) is -0.296. The maximum Gasteiger partial charge on any atom is 0.125 e. The number of anilines is 1. The van der Waals surface area contributed by atoms with Gasteiger partial charge in [0, 0.05) is 23.6 Å². The quantitative estimate of drug-likeness (QED) is 0.729. The smallest absolute Gasteiger partial charge is 0.125 e. The van der Waals surface area contributed by atoms with Crippen LogP contribution in [0.3, 0.4) is 0 Å². The van der Waals surface area contributed by atoms with Crippen LogP contribution in [0.15, 0.2) is 42.5 Å². The van der Waals surface area contributed by atoms with Gasteiger partial charge in [0.05, 0.1) is 17.3 Å². The first-order chi connectivity index (χ1) is 10.1. The number of nitrogens with zero attached hydrogens (tertiary/aromatic N) is 1. The number of aromatic nitrogens is 1. The molecule has 2 nitrogen and oxygen atoms in total. The summed E-state index contributed by atoms with van der Waals surface area (Å²) in [4.78, 5) is 0. The number of para-hydroxylation sites is 1. The van der Waals surface area contributed by atoms with Gasteiger partial charge in [-0.3, -0.25) is 0 Å². The van der Waals surface area contributed by atoms with Gasteiger partial charge in [0.25, 0.3) is 0 Å². The second kappa shape index (κ2) is 5.41. The maximum atomic E-state index is 13.3. The Morgan fingerprint density at radius 1 is 1.19 bits per heavy atom. The van der Waals surface area contributed by atoms with Gasteiger partial charge in [-0.1, -0.05) is 29.8 Å². The fourth-order valence-corrected chi connectivity index (χ4v) is 2.88. The highest BCUT2D eigenvalue weighted by atomic mass is 35.5. The van der Waals surface area contributed by atoms with Gasteiger partial charge in [-0.05, 0) is 36.8 Å². The summed E-state index contributed by atoms with van der Waals surface area (Å²) in [5.41, 5.74) is 4.20. The lowest BCUT2D eigenvalue weighted by atomic mass is 10.1. The van der Waals surface area contributed by atoms with Crippen molar-refractivity contribution in [2.75, 3.05) is 5.32 Å². The van der Waals surface area contributed by atoms with Crippen LogP contribution in [-0.2, 0) is 13.6 Å². The molecule has 0 bridgehead atoms. The van der Waals surface area contributed by atoms with Crippen molar-refractivity contribution < 1.29 is 4.39 Å². The zero-order chi connectivity index (χ0) is 15.0. The number of halogens is 2. The summed E-state index contributed by atoms with van der Waals surface area (Å²) in [6, 6.07) is 12.6. The number of fused-ring (bicyclic) bond motifs is 1. The first-order valence-electron chi connectivity index (χ1n) is 6.79. The molecule has 0 unspecified atom stereocenters. The summed E-state index contributed by atoms with van der Waals surface area (Å²) in [6.07, 6.45) is 0. The van der Waals surface area contributed by atoms with Crippen LogP contribution in [-0.4, -0.2) is 4.57 Å². The lowest BCUT2D eigenvalue weighted by Gasteiger charge is -2.11. The standard InChI is InChI=1S/C17H16ClFN2/c1-11-13-5-3-4-6-16(13)21(2)17(11)10-20-15-9-12(19)7-8-14(15)18/h3-9,20H,10H2,1-2H3. The number of rotatable bonds is 3. The largest absolute Gasteiger partial charge is 0.378 e. The van der Waals surface area contributed by atoms with Crippen molar-refractivity contribution in [1.82, 2.24) is 4.57 Å². The highest BCUT2D eigenvalue weighted by Crippen LogP contribution is 2.27. The van der Waals surface area contributed by atoms with E-state index >= 15 is 0 Å². The minimum atomic E-state index is -0.296. The first-order valence-corrected chi connectivity index (χ1v) is 7.17. The summed E-state index contributed by atoms with van der Waals surface area (Å²) in [5, 5.41) is 4.98. The molecule has 108 valence electrons. The van der Waals surface area contributed by atoms with Gasteiger partial charge in [-0.2, -0.15) is 0 Å². The van der Waals surface area contributed by atoms with Crippen molar-refractivity contribution in [3.8, 4) is 0 Å². The second-order valence-corrected chi connectivity index (χ2v) is 5.53. The zero-order valence-corrected chi connectivity index (χ0v) is 12.7. The molecule has 3 rings (SSSR count). The Morgan fingerprint density at radius 2 is 1.95 bits per heavy atom. The number of benzene rings is 2. The molecule has 0 saturated carbocycles. The summed E-state index contributed by atoms with van der Waals surface area (Å²) in [6.45, 7) is 2.70. The van der Waals surface area contributed by atoms with Crippen molar-refractivity contribution in [3.05, 3.63) is 64.6 Å². The van der Waals surface area contributed by atoms with Crippen molar-refractivity contribution in [3.63, 3.8) is 0 Å². The molecule has 0 aliphatic heterocycles. The molecule has 2 aromatic carbocycles. The van der Waals surface area contributed by atoms with Crippen molar-refractivity contribution in [2.45, 2.75) is 13.5 Å². The molecule has 0 radical (unpaired) electrons. The average Bonchev–Trinajstić information content (AvgIpc) is 2.73. The van der Waals surface area contributed by atoms with E-state index in [0.717, 1.165) is 5.69 Å². The van der Waals surface area contributed by atoms with E-state index in [0.29, 0.717) is 17.3 Å². The first kappa shape index (κ1) is 14.0. The van der Waals surface area contributed by atoms with E-state index in [9.17, 15) is 4.39 Å². The Hall–Kier alpha value is -2.00. The van der Waals surface area contributed by atoms with E-state index in [2.05, 4.69) is 28.9 Å².